The molecule has 1 amide bonds. The van der Waals surface area contributed by atoms with Gasteiger partial charge in [-0.1, -0.05) is 30.3 Å². The van der Waals surface area contributed by atoms with E-state index in [1.165, 1.54) is 0 Å². The van der Waals surface area contributed by atoms with Gasteiger partial charge in [0.15, 0.2) is 0 Å². The minimum atomic E-state index is -0.863. The predicted octanol–water partition coefficient (Wildman–Crippen LogP) is 1.84. The molecule has 0 aliphatic carbocycles. The molecule has 1 aromatic carbocycles. The Bertz CT molecular complexity index is 445. The number of hydrogen-bond acceptors (Lipinski definition) is 3. The van der Waals surface area contributed by atoms with Crippen molar-refractivity contribution in [3.8, 4) is 12.1 Å². The largest absolute Gasteiger partial charge is 0.314 e. The maximum atomic E-state index is 11.9. The summed E-state index contributed by atoms with van der Waals surface area (Å²) in [6.45, 7) is -0.273. The molecule has 0 bridgehead atoms. The molecule has 0 aromatic heterocycles. The van der Waals surface area contributed by atoms with Gasteiger partial charge in [-0.05, 0) is 5.56 Å². The Morgan fingerprint density at radius 3 is 2.24 bits per heavy atom. The minimum absolute atomic E-state index is 0.136. The van der Waals surface area contributed by atoms with Crippen molar-refractivity contribution < 1.29 is 4.79 Å². The van der Waals surface area contributed by atoms with Crippen LogP contribution in [0.25, 0.3) is 0 Å². The van der Waals surface area contributed by atoms with Crippen LogP contribution in [0.2, 0.25) is 0 Å². The van der Waals surface area contributed by atoms with Crippen molar-refractivity contribution >= 4 is 17.5 Å². The van der Waals surface area contributed by atoms with Gasteiger partial charge in [0, 0.05) is 0 Å². The summed E-state index contributed by atoms with van der Waals surface area (Å²) in [5, 5.41) is 16.3. The van der Waals surface area contributed by atoms with Gasteiger partial charge in [-0.25, -0.2) is 0 Å². The summed E-state index contributed by atoms with van der Waals surface area (Å²) in [6.07, 6.45) is 0. The van der Waals surface area contributed by atoms with Crippen LogP contribution in [0.3, 0.4) is 0 Å². The monoisotopic (exact) mass is 247 g/mol. The fourth-order valence-electron chi connectivity index (χ4n) is 1.31. The van der Waals surface area contributed by atoms with E-state index in [2.05, 4.69) is 0 Å². The van der Waals surface area contributed by atoms with E-state index in [-0.39, 0.29) is 13.1 Å². The molecule has 0 fully saturated rings. The Labute approximate surface area is 105 Å². The van der Waals surface area contributed by atoms with Gasteiger partial charge >= 0.3 is 0 Å². The summed E-state index contributed by atoms with van der Waals surface area (Å²) >= 11 is 6.01. The second kappa shape index (κ2) is 6.52. The molecule has 1 rings (SSSR count). The van der Waals surface area contributed by atoms with E-state index in [1.807, 2.05) is 18.2 Å². The van der Waals surface area contributed by atoms with Crippen molar-refractivity contribution in [2.75, 3.05) is 13.1 Å². The number of carbonyl (C=O) groups is 1. The van der Waals surface area contributed by atoms with Crippen LogP contribution in [0, 0.1) is 22.7 Å². The number of amides is 1. The maximum absolute atomic E-state index is 11.9. The van der Waals surface area contributed by atoms with Crippen molar-refractivity contribution in [2.24, 2.45) is 0 Å². The molecule has 0 aliphatic heterocycles. The molecule has 0 radical (unpaired) electrons. The molecule has 0 N–H and O–H groups in total. The van der Waals surface area contributed by atoms with Gasteiger partial charge in [0.05, 0.1) is 12.1 Å². The SMILES string of the molecule is N#CCN(CC#N)C(=O)C(Cl)c1ccccc1. The Morgan fingerprint density at radius 1 is 1.24 bits per heavy atom. The van der Waals surface area contributed by atoms with E-state index in [0.29, 0.717) is 5.56 Å². The quantitative estimate of drug-likeness (QED) is 0.602. The molecule has 1 aromatic rings. The van der Waals surface area contributed by atoms with Crippen LogP contribution in [0.15, 0.2) is 30.3 Å². The smallest absolute Gasteiger partial charge is 0.246 e. The fraction of sp³-hybridized carbons (Fsp3) is 0.250. The second-order valence-electron chi connectivity index (χ2n) is 3.28. The predicted molar refractivity (Wildman–Crippen MR) is 62.8 cm³/mol. The van der Waals surface area contributed by atoms with Gasteiger partial charge < -0.3 is 4.90 Å². The zero-order valence-corrected chi connectivity index (χ0v) is 9.76. The highest BCUT2D eigenvalue weighted by Crippen LogP contribution is 2.22. The molecule has 0 spiro atoms. The first-order chi connectivity index (χ1) is 8.20. The van der Waals surface area contributed by atoms with Crippen LogP contribution in [-0.2, 0) is 4.79 Å². The standard InChI is InChI=1S/C12H10ClN3O/c13-11(10-4-2-1-3-5-10)12(17)16(8-6-14)9-7-15/h1-5,11H,8-9H2. The van der Waals surface area contributed by atoms with Crippen molar-refractivity contribution in [2.45, 2.75) is 5.38 Å². The Morgan fingerprint density at radius 2 is 1.76 bits per heavy atom. The molecular weight excluding hydrogens is 238 g/mol. The van der Waals surface area contributed by atoms with Gasteiger partial charge in [-0.3, -0.25) is 4.79 Å². The molecule has 4 nitrogen and oxygen atoms in total. The molecule has 86 valence electrons. The number of carbonyl (C=O) groups excluding carboxylic acids is 1. The zero-order chi connectivity index (χ0) is 12.7. The molecule has 1 unspecified atom stereocenters. The van der Waals surface area contributed by atoms with Crippen molar-refractivity contribution in [3.63, 3.8) is 0 Å². The summed E-state index contributed by atoms with van der Waals surface area (Å²) in [5.74, 6) is -0.430. The van der Waals surface area contributed by atoms with Crippen molar-refractivity contribution in [3.05, 3.63) is 35.9 Å². The molecule has 1 atom stereocenters. The summed E-state index contributed by atoms with van der Waals surface area (Å²) in [4.78, 5) is 13.0. The number of nitriles is 2. The number of benzene rings is 1. The number of alkyl halides is 1. The third-order valence-corrected chi connectivity index (χ3v) is 2.58. The minimum Gasteiger partial charge on any atom is -0.314 e. The average molecular weight is 248 g/mol. The molecule has 17 heavy (non-hydrogen) atoms. The van der Waals surface area contributed by atoms with E-state index in [9.17, 15) is 4.79 Å². The number of halogens is 1. The topological polar surface area (TPSA) is 67.9 Å². The van der Waals surface area contributed by atoms with Gasteiger partial charge in [0.2, 0.25) is 5.91 Å². The lowest BCUT2D eigenvalue weighted by Gasteiger charge is -2.19. The number of nitrogens with zero attached hydrogens (tertiary/aromatic N) is 3. The maximum Gasteiger partial charge on any atom is 0.246 e. The van der Waals surface area contributed by atoms with Crippen LogP contribution in [-0.4, -0.2) is 23.9 Å². The van der Waals surface area contributed by atoms with Crippen molar-refractivity contribution in [1.29, 1.82) is 10.5 Å². The third kappa shape index (κ3) is 3.48. The second-order valence-corrected chi connectivity index (χ2v) is 3.72. The highest BCUT2D eigenvalue weighted by atomic mass is 35.5. The van der Waals surface area contributed by atoms with Crippen LogP contribution in [0.1, 0.15) is 10.9 Å². The summed E-state index contributed by atoms with van der Waals surface area (Å²) in [6, 6.07) is 12.5. The van der Waals surface area contributed by atoms with E-state index >= 15 is 0 Å². The number of rotatable bonds is 4. The fourth-order valence-corrected chi connectivity index (χ4v) is 1.59. The van der Waals surface area contributed by atoms with Crippen LogP contribution < -0.4 is 0 Å². The van der Waals surface area contributed by atoms with Crippen LogP contribution in [0.5, 0.6) is 0 Å². The Hall–Kier alpha value is -2.04. The van der Waals surface area contributed by atoms with Gasteiger partial charge in [0.1, 0.15) is 18.5 Å². The summed E-state index contributed by atoms with van der Waals surface area (Å²) in [7, 11) is 0. The van der Waals surface area contributed by atoms with E-state index < -0.39 is 11.3 Å². The average Bonchev–Trinajstić information content (AvgIpc) is 2.38. The molecule has 0 saturated heterocycles. The zero-order valence-electron chi connectivity index (χ0n) is 9.01. The first kappa shape index (κ1) is 13.0. The number of hydrogen-bond donors (Lipinski definition) is 0. The van der Waals surface area contributed by atoms with Crippen LogP contribution in [0.4, 0.5) is 0 Å². The first-order valence-electron chi connectivity index (χ1n) is 4.92. The van der Waals surface area contributed by atoms with E-state index in [0.717, 1.165) is 4.90 Å². The normalized spacial score (nSPS) is 11.0. The van der Waals surface area contributed by atoms with E-state index in [4.69, 9.17) is 22.1 Å². The van der Waals surface area contributed by atoms with Crippen LogP contribution >= 0.6 is 11.6 Å². The first-order valence-corrected chi connectivity index (χ1v) is 5.36. The molecular formula is C12H10ClN3O. The van der Waals surface area contributed by atoms with Crippen molar-refractivity contribution in [1.82, 2.24) is 4.90 Å². The van der Waals surface area contributed by atoms with Gasteiger partial charge in [-0.15, -0.1) is 11.6 Å². The molecule has 0 heterocycles. The Balaban J connectivity index is 2.82. The summed E-state index contributed by atoms with van der Waals surface area (Å²) < 4.78 is 0. The van der Waals surface area contributed by atoms with Gasteiger partial charge in [0.25, 0.3) is 0 Å². The lowest BCUT2D eigenvalue weighted by Crippen LogP contribution is -2.34. The third-order valence-electron chi connectivity index (χ3n) is 2.14. The molecule has 0 saturated carbocycles. The lowest BCUT2D eigenvalue weighted by atomic mass is 10.1. The van der Waals surface area contributed by atoms with Gasteiger partial charge in [-0.2, -0.15) is 10.5 Å². The lowest BCUT2D eigenvalue weighted by molar-refractivity contribution is -0.129. The molecule has 0 aliphatic rings. The Kier molecular flexibility index (Phi) is 5.00. The molecule has 5 heteroatoms. The summed E-state index contributed by atoms with van der Waals surface area (Å²) in [5.41, 5.74) is 0.653. The van der Waals surface area contributed by atoms with E-state index in [1.54, 1.807) is 24.3 Å². The highest BCUT2D eigenvalue weighted by Gasteiger charge is 2.23. The highest BCUT2D eigenvalue weighted by molar-refractivity contribution is 6.30.